The van der Waals surface area contributed by atoms with Gasteiger partial charge in [-0.15, -0.1) is 0 Å². The summed E-state index contributed by atoms with van der Waals surface area (Å²) in [4.78, 5) is 0. The van der Waals surface area contributed by atoms with Gasteiger partial charge in [0.05, 0.1) is 18.6 Å². The molecular formula is C10H15NO3S. The predicted octanol–water partition coefficient (Wildman–Crippen LogP) is 1.48. The molecule has 0 bridgehead atoms. The van der Waals surface area contributed by atoms with E-state index in [2.05, 4.69) is 0 Å². The molecular weight excluding hydrogens is 214 g/mol. The molecule has 0 N–H and O–H groups in total. The summed E-state index contributed by atoms with van der Waals surface area (Å²) < 4.78 is 29.4. The van der Waals surface area contributed by atoms with Crippen LogP contribution in [0.5, 0.6) is 5.75 Å². The van der Waals surface area contributed by atoms with Gasteiger partial charge in [0.1, 0.15) is 5.75 Å². The van der Waals surface area contributed by atoms with Gasteiger partial charge in [-0.05, 0) is 31.2 Å². The lowest BCUT2D eigenvalue weighted by Crippen LogP contribution is -2.27. The van der Waals surface area contributed by atoms with E-state index >= 15 is 0 Å². The van der Waals surface area contributed by atoms with E-state index in [-0.39, 0.29) is 5.75 Å². The first-order valence-electron chi connectivity index (χ1n) is 4.62. The molecule has 0 atom stereocenters. The van der Waals surface area contributed by atoms with Gasteiger partial charge in [0, 0.05) is 7.05 Å². The molecule has 1 aromatic carbocycles. The van der Waals surface area contributed by atoms with Crippen molar-refractivity contribution in [1.29, 1.82) is 0 Å². The second-order valence-corrected chi connectivity index (χ2v) is 5.35. The van der Waals surface area contributed by atoms with Gasteiger partial charge < -0.3 is 4.74 Å². The van der Waals surface area contributed by atoms with Gasteiger partial charge in [0.25, 0.3) is 0 Å². The molecule has 0 spiro atoms. The largest absolute Gasteiger partial charge is 0.497 e. The first-order valence-corrected chi connectivity index (χ1v) is 6.23. The molecule has 84 valence electrons. The van der Waals surface area contributed by atoms with Gasteiger partial charge >= 0.3 is 0 Å². The Morgan fingerprint density at radius 1 is 1.27 bits per heavy atom. The average Bonchev–Trinajstić information content (AvgIpc) is 2.28. The first kappa shape index (κ1) is 11.8. The highest BCUT2D eigenvalue weighted by Gasteiger charge is 2.15. The molecule has 0 fully saturated rings. The molecule has 15 heavy (non-hydrogen) atoms. The Kier molecular flexibility index (Phi) is 3.57. The van der Waals surface area contributed by atoms with E-state index in [0.717, 1.165) is 0 Å². The summed E-state index contributed by atoms with van der Waals surface area (Å²) in [6, 6.07) is 6.89. The van der Waals surface area contributed by atoms with Crippen molar-refractivity contribution in [3.63, 3.8) is 0 Å². The number of sulfonamides is 1. The number of benzene rings is 1. The Balaban J connectivity index is 2.97. The summed E-state index contributed by atoms with van der Waals surface area (Å²) in [5.41, 5.74) is 0.637. The van der Waals surface area contributed by atoms with Crippen molar-refractivity contribution in [3.8, 4) is 5.75 Å². The third-order valence-corrected chi connectivity index (χ3v) is 3.99. The highest BCUT2D eigenvalue weighted by Crippen LogP contribution is 2.20. The quantitative estimate of drug-likeness (QED) is 0.785. The predicted molar refractivity (Wildman–Crippen MR) is 60.9 cm³/mol. The number of rotatable bonds is 4. The van der Waals surface area contributed by atoms with E-state index in [1.54, 1.807) is 45.3 Å². The summed E-state index contributed by atoms with van der Waals surface area (Å²) in [6.45, 7) is 1.62. The van der Waals surface area contributed by atoms with E-state index in [0.29, 0.717) is 11.4 Å². The zero-order chi connectivity index (χ0) is 11.5. The molecule has 1 aromatic rings. The SMILES string of the molecule is CCS(=O)(=O)N(C)c1ccc(OC)cc1. The van der Waals surface area contributed by atoms with Crippen LogP contribution in [0.25, 0.3) is 0 Å². The van der Waals surface area contributed by atoms with Crippen LogP contribution in [0.4, 0.5) is 5.69 Å². The second kappa shape index (κ2) is 4.53. The van der Waals surface area contributed by atoms with Crippen LogP contribution < -0.4 is 9.04 Å². The van der Waals surface area contributed by atoms with Gasteiger partial charge in [-0.3, -0.25) is 4.31 Å². The van der Waals surface area contributed by atoms with Crippen molar-refractivity contribution in [2.75, 3.05) is 24.2 Å². The lowest BCUT2D eigenvalue weighted by molar-refractivity contribution is 0.415. The van der Waals surface area contributed by atoms with Crippen LogP contribution in [-0.4, -0.2) is 28.3 Å². The molecule has 0 saturated heterocycles. The number of hydrogen-bond acceptors (Lipinski definition) is 3. The fourth-order valence-corrected chi connectivity index (χ4v) is 1.98. The summed E-state index contributed by atoms with van der Waals surface area (Å²) >= 11 is 0. The number of nitrogens with zero attached hydrogens (tertiary/aromatic N) is 1. The zero-order valence-corrected chi connectivity index (χ0v) is 9.91. The molecule has 0 aliphatic carbocycles. The smallest absolute Gasteiger partial charge is 0.234 e. The minimum atomic E-state index is -3.18. The van der Waals surface area contributed by atoms with Gasteiger partial charge in [0.2, 0.25) is 10.0 Å². The number of hydrogen-bond donors (Lipinski definition) is 0. The molecule has 0 aliphatic heterocycles. The van der Waals surface area contributed by atoms with E-state index in [9.17, 15) is 8.42 Å². The molecule has 0 aromatic heterocycles. The van der Waals surface area contributed by atoms with E-state index < -0.39 is 10.0 Å². The van der Waals surface area contributed by atoms with Crippen molar-refractivity contribution < 1.29 is 13.2 Å². The summed E-state index contributed by atoms with van der Waals surface area (Å²) in [5, 5.41) is 0. The van der Waals surface area contributed by atoms with Crippen molar-refractivity contribution in [2.24, 2.45) is 0 Å². The Labute approximate surface area is 90.5 Å². The van der Waals surface area contributed by atoms with Crippen LogP contribution in [0.15, 0.2) is 24.3 Å². The minimum Gasteiger partial charge on any atom is -0.497 e. The topological polar surface area (TPSA) is 46.6 Å². The lowest BCUT2D eigenvalue weighted by Gasteiger charge is -2.18. The summed E-state index contributed by atoms with van der Waals surface area (Å²) in [6.07, 6.45) is 0. The fraction of sp³-hybridized carbons (Fsp3) is 0.400. The standard InChI is InChI=1S/C10H15NO3S/c1-4-15(12,13)11(2)9-5-7-10(14-3)8-6-9/h5-8H,4H2,1-3H3. The average molecular weight is 229 g/mol. The molecule has 0 saturated carbocycles. The van der Waals surface area contributed by atoms with Crippen LogP contribution in [-0.2, 0) is 10.0 Å². The maximum absolute atomic E-state index is 11.5. The van der Waals surface area contributed by atoms with Gasteiger partial charge in [-0.2, -0.15) is 0 Å². The van der Waals surface area contributed by atoms with Crippen molar-refractivity contribution in [1.82, 2.24) is 0 Å². The third-order valence-electron chi connectivity index (χ3n) is 2.22. The van der Waals surface area contributed by atoms with Crippen molar-refractivity contribution in [3.05, 3.63) is 24.3 Å². The van der Waals surface area contributed by atoms with E-state index in [4.69, 9.17) is 4.74 Å². The molecule has 0 heterocycles. The highest BCUT2D eigenvalue weighted by molar-refractivity contribution is 7.92. The second-order valence-electron chi connectivity index (χ2n) is 3.07. The van der Waals surface area contributed by atoms with Gasteiger partial charge in [0.15, 0.2) is 0 Å². The van der Waals surface area contributed by atoms with E-state index in [1.165, 1.54) is 4.31 Å². The normalized spacial score (nSPS) is 11.1. The number of methoxy groups -OCH3 is 1. The number of ether oxygens (including phenoxy) is 1. The molecule has 1 rings (SSSR count). The Morgan fingerprint density at radius 2 is 1.80 bits per heavy atom. The maximum Gasteiger partial charge on any atom is 0.234 e. The van der Waals surface area contributed by atoms with Crippen LogP contribution in [0, 0.1) is 0 Å². The third kappa shape index (κ3) is 2.62. The molecule has 0 amide bonds. The Bertz CT molecular complexity index is 411. The fourth-order valence-electron chi connectivity index (χ4n) is 1.15. The number of anilines is 1. The summed E-state index contributed by atoms with van der Waals surface area (Å²) in [7, 11) is -0.0651. The Hall–Kier alpha value is -1.23. The van der Waals surface area contributed by atoms with Crippen LogP contribution >= 0.6 is 0 Å². The van der Waals surface area contributed by atoms with Crippen LogP contribution in [0.1, 0.15) is 6.92 Å². The maximum atomic E-state index is 11.5. The molecule has 0 aliphatic rings. The van der Waals surface area contributed by atoms with Gasteiger partial charge in [-0.1, -0.05) is 0 Å². The molecule has 5 heteroatoms. The molecule has 0 radical (unpaired) electrons. The first-order chi connectivity index (χ1) is 7.01. The highest BCUT2D eigenvalue weighted by atomic mass is 32.2. The monoisotopic (exact) mass is 229 g/mol. The Morgan fingerprint density at radius 3 is 2.20 bits per heavy atom. The molecule has 0 unspecified atom stereocenters. The van der Waals surface area contributed by atoms with Crippen molar-refractivity contribution in [2.45, 2.75) is 6.92 Å². The minimum absolute atomic E-state index is 0.0928. The summed E-state index contributed by atoms with van der Waals surface area (Å²) in [5.74, 6) is 0.802. The lowest BCUT2D eigenvalue weighted by atomic mass is 10.3. The van der Waals surface area contributed by atoms with Crippen LogP contribution in [0.3, 0.4) is 0 Å². The van der Waals surface area contributed by atoms with Gasteiger partial charge in [-0.25, -0.2) is 8.42 Å². The van der Waals surface area contributed by atoms with E-state index in [1.807, 2.05) is 0 Å². The molecule has 4 nitrogen and oxygen atoms in total. The zero-order valence-electron chi connectivity index (χ0n) is 9.10. The van der Waals surface area contributed by atoms with Crippen LogP contribution in [0.2, 0.25) is 0 Å². The van der Waals surface area contributed by atoms with Crippen molar-refractivity contribution >= 4 is 15.7 Å².